The Kier molecular flexibility index (Phi) is 4.17. The zero-order valence-electron chi connectivity index (χ0n) is 13.0. The van der Waals surface area contributed by atoms with Crippen molar-refractivity contribution >= 4 is 21.6 Å². The predicted molar refractivity (Wildman–Crippen MR) is 83.3 cm³/mol. The number of hydrogen-bond acceptors (Lipinski definition) is 6. The second-order valence-electron chi connectivity index (χ2n) is 5.55. The minimum atomic E-state index is -3.71. The third-order valence-electron chi connectivity index (χ3n) is 3.85. The van der Waals surface area contributed by atoms with Gasteiger partial charge in [-0.2, -0.15) is 4.31 Å². The smallest absolute Gasteiger partial charge is 0.262 e. The molecule has 23 heavy (non-hydrogen) atoms. The molecule has 3 rings (SSSR count). The van der Waals surface area contributed by atoms with Crippen LogP contribution < -0.4 is 20.1 Å². The molecule has 1 atom stereocenters. The van der Waals surface area contributed by atoms with E-state index < -0.39 is 10.0 Å². The maximum Gasteiger partial charge on any atom is 0.262 e. The fourth-order valence-corrected chi connectivity index (χ4v) is 4.39. The number of fused-ring (bicyclic) bond motifs is 1. The van der Waals surface area contributed by atoms with Gasteiger partial charge in [0.05, 0.1) is 12.8 Å². The molecule has 1 amide bonds. The van der Waals surface area contributed by atoms with Gasteiger partial charge in [-0.1, -0.05) is 0 Å². The number of anilines is 1. The van der Waals surface area contributed by atoms with Crippen molar-refractivity contribution in [2.24, 2.45) is 0 Å². The van der Waals surface area contributed by atoms with Crippen LogP contribution in [0.5, 0.6) is 11.5 Å². The molecule has 126 valence electrons. The Hall–Kier alpha value is -1.84. The summed E-state index contributed by atoms with van der Waals surface area (Å²) in [4.78, 5) is 11.4. The normalized spacial score (nSPS) is 22.0. The molecule has 0 saturated carbocycles. The van der Waals surface area contributed by atoms with Gasteiger partial charge >= 0.3 is 0 Å². The maximum atomic E-state index is 12.9. The molecule has 1 aromatic carbocycles. The topological polar surface area (TPSA) is 97.0 Å². The lowest BCUT2D eigenvalue weighted by atomic mass is 10.2. The fourth-order valence-electron chi connectivity index (χ4n) is 2.70. The molecule has 8 nitrogen and oxygen atoms in total. The van der Waals surface area contributed by atoms with Gasteiger partial charge in [-0.3, -0.25) is 4.79 Å². The number of methoxy groups -OCH3 is 1. The van der Waals surface area contributed by atoms with E-state index >= 15 is 0 Å². The first-order chi connectivity index (χ1) is 10.9. The Morgan fingerprint density at radius 2 is 2.17 bits per heavy atom. The van der Waals surface area contributed by atoms with E-state index in [0.29, 0.717) is 31.1 Å². The van der Waals surface area contributed by atoms with Crippen LogP contribution in [-0.4, -0.2) is 58.0 Å². The second kappa shape index (κ2) is 5.99. The Labute approximate surface area is 134 Å². The molecule has 2 heterocycles. The van der Waals surface area contributed by atoms with Crippen molar-refractivity contribution in [3.05, 3.63) is 12.1 Å². The summed E-state index contributed by atoms with van der Waals surface area (Å²) < 4.78 is 37.8. The number of piperazine rings is 1. The third kappa shape index (κ3) is 2.99. The number of nitrogens with one attached hydrogen (secondary N) is 2. The first-order valence-electron chi connectivity index (χ1n) is 7.30. The molecule has 9 heteroatoms. The van der Waals surface area contributed by atoms with Gasteiger partial charge in [0.25, 0.3) is 5.91 Å². The third-order valence-corrected chi connectivity index (χ3v) is 5.73. The van der Waals surface area contributed by atoms with E-state index in [2.05, 4.69) is 10.6 Å². The van der Waals surface area contributed by atoms with Crippen molar-refractivity contribution in [1.82, 2.24) is 9.62 Å². The highest BCUT2D eigenvalue weighted by molar-refractivity contribution is 7.89. The van der Waals surface area contributed by atoms with E-state index in [1.807, 2.05) is 6.92 Å². The van der Waals surface area contributed by atoms with Crippen molar-refractivity contribution in [2.45, 2.75) is 17.9 Å². The molecule has 0 radical (unpaired) electrons. The van der Waals surface area contributed by atoms with E-state index in [1.54, 1.807) is 0 Å². The summed E-state index contributed by atoms with van der Waals surface area (Å²) in [5.74, 6) is 0.221. The van der Waals surface area contributed by atoms with Gasteiger partial charge < -0.3 is 20.1 Å². The number of sulfonamides is 1. The first-order valence-corrected chi connectivity index (χ1v) is 8.74. The Balaban J connectivity index is 2.02. The Morgan fingerprint density at radius 1 is 1.39 bits per heavy atom. The van der Waals surface area contributed by atoms with Gasteiger partial charge in [0.15, 0.2) is 6.61 Å². The minimum absolute atomic E-state index is 0.0454. The fraction of sp³-hybridized carbons (Fsp3) is 0.500. The van der Waals surface area contributed by atoms with Gasteiger partial charge in [0.2, 0.25) is 10.0 Å². The number of carbonyl (C=O) groups excluding carboxylic acids is 1. The molecule has 0 aromatic heterocycles. The first kappa shape index (κ1) is 16.0. The van der Waals surface area contributed by atoms with E-state index in [0.717, 1.165) is 0 Å². The molecule has 1 saturated heterocycles. The monoisotopic (exact) mass is 341 g/mol. The van der Waals surface area contributed by atoms with Crippen molar-refractivity contribution in [1.29, 1.82) is 0 Å². The van der Waals surface area contributed by atoms with Gasteiger partial charge in [-0.05, 0) is 6.92 Å². The van der Waals surface area contributed by atoms with E-state index in [-0.39, 0.29) is 29.2 Å². The molecule has 2 aliphatic rings. The number of carbonyl (C=O) groups is 1. The Morgan fingerprint density at radius 3 is 2.87 bits per heavy atom. The lowest BCUT2D eigenvalue weighted by Gasteiger charge is -2.31. The number of rotatable bonds is 3. The van der Waals surface area contributed by atoms with Crippen molar-refractivity contribution in [2.75, 3.05) is 38.7 Å². The van der Waals surface area contributed by atoms with Crippen LogP contribution >= 0.6 is 0 Å². The van der Waals surface area contributed by atoms with Crippen LogP contribution in [0.15, 0.2) is 17.0 Å². The molecule has 0 spiro atoms. The molecule has 1 fully saturated rings. The van der Waals surface area contributed by atoms with Gasteiger partial charge in [-0.25, -0.2) is 8.42 Å². The molecule has 2 N–H and O–H groups in total. The van der Waals surface area contributed by atoms with Crippen molar-refractivity contribution in [3.63, 3.8) is 0 Å². The lowest BCUT2D eigenvalue weighted by molar-refractivity contribution is -0.118. The van der Waals surface area contributed by atoms with Gasteiger partial charge in [0.1, 0.15) is 16.4 Å². The van der Waals surface area contributed by atoms with Crippen LogP contribution in [0.1, 0.15) is 6.92 Å². The summed E-state index contributed by atoms with van der Waals surface area (Å²) in [7, 11) is -2.31. The Bertz CT molecular complexity index is 734. The molecular weight excluding hydrogens is 322 g/mol. The van der Waals surface area contributed by atoms with E-state index in [9.17, 15) is 13.2 Å². The zero-order valence-corrected chi connectivity index (χ0v) is 13.8. The number of benzene rings is 1. The molecule has 0 bridgehead atoms. The quantitative estimate of drug-likeness (QED) is 0.804. The summed E-state index contributed by atoms with van der Waals surface area (Å²) in [5, 5.41) is 5.85. The summed E-state index contributed by atoms with van der Waals surface area (Å²) in [5.41, 5.74) is 0.408. The maximum absolute atomic E-state index is 12.9. The second-order valence-corrected chi connectivity index (χ2v) is 7.46. The lowest BCUT2D eigenvalue weighted by Crippen LogP contribution is -2.51. The molecule has 1 aromatic rings. The van der Waals surface area contributed by atoms with Crippen LogP contribution in [-0.2, 0) is 14.8 Å². The average molecular weight is 341 g/mol. The highest BCUT2D eigenvalue weighted by Gasteiger charge is 2.32. The zero-order chi connectivity index (χ0) is 16.6. The van der Waals surface area contributed by atoms with E-state index in [1.165, 1.54) is 23.5 Å². The molecule has 2 aliphatic heterocycles. The van der Waals surface area contributed by atoms with Crippen LogP contribution in [0.4, 0.5) is 5.69 Å². The van der Waals surface area contributed by atoms with Crippen LogP contribution in [0.25, 0.3) is 0 Å². The van der Waals surface area contributed by atoms with Crippen LogP contribution in [0, 0.1) is 0 Å². The highest BCUT2D eigenvalue weighted by atomic mass is 32.2. The predicted octanol–water partition coefficient (Wildman–Crippen LogP) is 0.00850. The largest absolute Gasteiger partial charge is 0.495 e. The minimum Gasteiger partial charge on any atom is -0.495 e. The van der Waals surface area contributed by atoms with Crippen molar-refractivity contribution in [3.8, 4) is 11.5 Å². The standard InChI is InChI=1S/C14H19N3O5S/c1-9-7-17(4-3-15-9)23(19,20)13-6-11-10(5-12(13)21-2)16-14(18)8-22-11/h5-6,9,15H,3-4,7-8H2,1-2H3,(H,16,18)/t9-/m0/s1. The number of ether oxygens (including phenoxy) is 2. The highest BCUT2D eigenvalue weighted by Crippen LogP contribution is 2.38. The molecule has 0 aliphatic carbocycles. The van der Waals surface area contributed by atoms with Gasteiger partial charge in [0, 0.05) is 37.8 Å². The van der Waals surface area contributed by atoms with Gasteiger partial charge in [-0.15, -0.1) is 0 Å². The van der Waals surface area contributed by atoms with Crippen LogP contribution in [0.3, 0.4) is 0 Å². The average Bonchev–Trinajstić information content (AvgIpc) is 2.53. The summed E-state index contributed by atoms with van der Waals surface area (Å²) in [6.45, 7) is 3.18. The summed E-state index contributed by atoms with van der Waals surface area (Å²) >= 11 is 0. The summed E-state index contributed by atoms with van der Waals surface area (Å²) in [6, 6.07) is 2.97. The molecular formula is C14H19N3O5S. The van der Waals surface area contributed by atoms with Crippen molar-refractivity contribution < 1.29 is 22.7 Å². The SMILES string of the molecule is COc1cc2c(cc1S(=O)(=O)N1CCN[C@@H](C)C1)OCC(=O)N2. The van der Waals surface area contributed by atoms with E-state index in [4.69, 9.17) is 9.47 Å². The number of hydrogen-bond donors (Lipinski definition) is 2. The summed E-state index contributed by atoms with van der Waals surface area (Å²) in [6.07, 6.45) is 0. The number of amides is 1. The van der Waals surface area contributed by atoms with Crippen LogP contribution in [0.2, 0.25) is 0 Å². The number of nitrogens with zero attached hydrogens (tertiary/aromatic N) is 1. The molecule has 0 unspecified atom stereocenters.